The van der Waals surface area contributed by atoms with Gasteiger partial charge in [0.05, 0.1) is 11.5 Å². The topological polar surface area (TPSA) is 96.5 Å². The van der Waals surface area contributed by atoms with Gasteiger partial charge in [-0.2, -0.15) is 0 Å². The molecule has 1 fully saturated rings. The zero-order valence-electron chi connectivity index (χ0n) is 16.2. The fourth-order valence-corrected chi connectivity index (χ4v) is 4.41. The molecule has 1 aromatic carbocycles. The average molecular weight is 398 g/mol. The van der Waals surface area contributed by atoms with Crippen molar-refractivity contribution in [3.05, 3.63) is 29.8 Å². The van der Waals surface area contributed by atoms with E-state index in [0.29, 0.717) is 31.4 Å². The highest BCUT2D eigenvalue weighted by Crippen LogP contribution is 2.24. The lowest BCUT2D eigenvalue weighted by atomic mass is 9.84. The average Bonchev–Trinajstić information content (AvgIpc) is 2.67. The smallest absolute Gasteiger partial charge is 0.240 e. The molecule has 7 nitrogen and oxygen atoms in total. The molecule has 8 heteroatoms. The number of rotatable bonds is 10. The summed E-state index contributed by atoms with van der Waals surface area (Å²) in [5.41, 5.74) is 0.757. The Morgan fingerprint density at radius 1 is 1.33 bits per heavy atom. The molecule has 1 saturated heterocycles. The van der Waals surface area contributed by atoms with E-state index in [0.717, 1.165) is 31.5 Å². The molecule has 27 heavy (non-hydrogen) atoms. The number of carbonyl (C=O) groups is 1. The third kappa shape index (κ3) is 7.21. The minimum absolute atomic E-state index is 0.00696. The van der Waals surface area contributed by atoms with Gasteiger partial charge in [-0.3, -0.25) is 4.79 Å². The Labute approximate surface area is 162 Å². The van der Waals surface area contributed by atoms with Gasteiger partial charge in [0.15, 0.2) is 0 Å². The van der Waals surface area contributed by atoms with E-state index in [-0.39, 0.29) is 17.3 Å². The first-order chi connectivity index (χ1) is 12.9. The van der Waals surface area contributed by atoms with E-state index in [9.17, 15) is 13.2 Å². The first-order valence-electron chi connectivity index (χ1n) is 9.47. The van der Waals surface area contributed by atoms with Gasteiger partial charge in [0.1, 0.15) is 0 Å². The maximum atomic E-state index is 12.3. The van der Waals surface area contributed by atoms with Gasteiger partial charge in [-0.15, -0.1) is 0 Å². The Bertz CT molecular complexity index is 703. The number of hydrogen-bond acceptors (Lipinski definition) is 5. The molecule has 1 atom stereocenters. The third-order valence-electron chi connectivity index (χ3n) is 4.99. The Morgan fingerprint density at radius 2 is 2.07 bits per heavy atom. The van der Waals surface area contributed by atoms with Crippen molar-refractivity contribution >= 4 is 15.9 Å². The van der Waals surface area contributed by atoms with Crippen LogP contribution in [0.15, 0.2) is 29.2 Å². The Morgan fingerprint density at radius 3 is 2.78 bits per heavy atom. The molecule has 1 aliphatic rings. The molecule has 1 unspecified atom stereocenters. The number of methoxy groups -OCH3 is 1. The Hall–Kier alpha value is -1.48. The molecule has 2 rings (SSSR count). The van der Waals surface area contributed by atoms with E-state index in [1.807, 2.05) is 6.07 Å². The number of piperidine rings is 1. The summed E-state index contributed by atoms with van der Waals surface area (Å²) in [6, 6.07) is 6.63. The molecular weight excluding hydrogens is 366 g/mol. The van der Waals surface area contributed by atoms with Crippen molar-refractivity contribution in [1.82, 2.24) is 15.4 Å². The van der Waals surface area contributed by atoms with Gasteiger partial charge >= 0.3 is 0 Å². The van der Waals surface area contributed by atoms with E-state index in [1.54, 1.807) is 18.2 Å². The molecule has 0 bridgehead atoms. The van der Waals surface area contributed by atoms with Crippen molar-refractivity contribution in [2.45, 2.75) is 37.6 Å². The van der Waals surface area contributed by atoms with E-state index >= 15 is 0 Å². The first-order valence-corrected chi connectivity index (χ1v) is 11.0. The molecule has 0 aliphatic carbocycles. The molecule has 1 amide bonds. The van der Waals surface area contributed by atoms with Crippen LogP contribution in [0.4, 0.5) is 0 Å². The zero-order chi connectivity index (χ0) is 19.7. The van der Waals surface area contributed by atoms with Crippen LogP contribution in [0, 0.1) is 11.8 Å². The lowest BCUT2D eigenvalue weighted by Crippen LogP contribution is -2.33. The van der Waals surface area contributed by atoms with Gasteiger partial charge < -0.3 is 15.4 Å². The van der Waals surface area contributed by atoms with Crippen LogP contribution in [0.1, 0.15) is 31.7 Å². The highest BCUT2D eigenvalue weighted by atomic mass is 32.2. The van der Waals surface area contributed by atoms with Crippen LogP contribution in [0.3, 0.4) is 0 Å². The highest BCUT2D eigenvalue weighted by molar-refractivity contribution is 7.89. The van der Waals surface area contributed by atoms with Crippen molar-refractivity contribution < 1.29 is 17.9 Å². The van der Waals surface area contributed by atoms with Crippen LogP contribution in [-0.4, -0.2) is 47.7 Å². The van der Waals surface area contributed by atoms with Crippen molar-refractivity contribution in [1.29, 1.82) is 0 Å². The number of ether oxygens (including phenoxy) is 1. The fourth-order valence-electron chi connectivity index (χ4n) is 3.33. The molecule has 3 N–H and O–H groups in total. The summed E-state index contributed by atoms with van der Waals surface area (Å²) in [5.74, 6) is 0.944. The van der Waals surface area contributed by atoms with Crippen molar-refractivity contribution in [3.63, 3.8) is 0 Å². The normalized spacial score (nSPS) is 16.8. The quantitative estimate of drug-likeness (QED) is 0.517. The van der Waals surface area contributed by atoms with Crippen molar-refractivity contribution in [3.8, 4) is 0 Å². The largest absolute Gasteiger partial charge is 0.383 e. The van der Waals surface area contributed by atoms with E-state index < -0.39 is 10.0 Å². The van der Waals surface area contributed by atoms with Gasteiger partial charge in [-0.25, -0.2) is 13.1 Å². The summed E-state index contributed by atoms with van der Waals surface area (Å²) >= 11 is 0. The predicted molar refractivity (Wildman–Crippen MR) is 105 cm³/mol. The van der Waals surface area contributed by atoms with Crippen LogP contribution in [0.5, 0.6) is 0 Å². The predicted octanol–water partition coefficient (Wildman–Crippen LogP) is 1.25. The lowest BCUT2D eigenvalue weighted by molar-refractivity contribution is -0.122. The van der Waals surface area contributed by atoms with E-state index in [1.165, 1.54) is 7.11 Å². The number of carbonyl (C=O) groups excluding carboxylic acids is 1. The van der Waals surface area contributed by atoms with Crippen molar-refractivity contribution in [2.24, 2.45) is 11.8 Å². The third-order valence-corrected chi connectivity index (χ3v) is 6.45. The maximum absolute atomic E-state index is 12.3. The molecule has 0 spiro atoms. The second kappa shape index (κ2) is 10.8. The molecule has 1 aromatic rings. The standard InChI is InChI=1S/C19H31N3O4S/c1-15(17-6-8-20-9-7-17)12-19(23)21-14-16-4-3-5-18(13-16)27(24,25)22-10-11-26-2/h3-5,13,15,17,20,22H,6-12,14H2,1-2H3,(H,21,23). The lowest BCUT2D eigenvalue weighted by Gasteiger charge is -2.27. The summed E-state index contributed by atoms with van der Waals surface area (Å²) in [6.45, 7) is 5.03. The summed E-state index contributed by atoms with van der Waals surface area (Å²) in [6.07, 6.45) is 2.73. The van der Waals surface area contributed by atoms with Gasteiger partial charge in [0.25, 0.3) is 0 Å². The number of hydrogen-bond donors (Lipinski definition) is 3. The number of nitrogens with one attached hydrogen (secondary N) is 3. The summed E-state index contributed by atoms with van der Waals surface area (Å²) < 4.78 is 31.9. The van der Waals surface area contributed by atoms with Gasteiger partial charge in [0, 0.05) is 26.6 Å². The fraction of sp³-hybridized carbons (Fsp3) is 0.632. The Kier molecular flexibility index (Phi) is 8.69. The van der Waals surface area contributed by atoms with E-state index in [2.05, 4.69) is 22.3 Å². The van der Waals surface area contributed by atoms with Crippen molar-refractivity contribution in [2.75, 3.05) is 33.4 Å². The number of amides is 1. The summed E-state index contributed by atoms with van der Waals surface area (Å²) in [5, 5.41) is 6.25. The first kappa shape index (κ1) is 21.8. The number of sulfonamides is 1. The summed E-state index contributed by atoms with van der Waals surface area (Å²) in [7, 11) is -2.06. The molecule has 0 aromatic heterocycles. The van der Waals surface area contributed by atoms with Gasteiger partial charge in [0.2, 0.25) is 15.9 Å². The molecule has 0 saturated carbocycles. The second-order valence-electron chi connectivity index (χ2n) is 7.08. The SMILES string of the molecule is COCCNS(=O)(=O)c1cccc(CNC(=O)CC(C)C2CCNCC2)c1. The molecular formula is C19H31N3O4S. The van der Waals surface area contributed by atoms with Crippen LogP contribution in [0.2, 0.25) is 0 Å². The Balaban J connectivity index is 1.85. The molecule has 152 valence electrons. The van der Waals surface area contributed by atoms with Gasteiger partial charge in [-0.05, 0) is 55.5 Å². The minimum atomic E-state index is -3.58. The zero-order valence-corrected chi connectivity index (χ0v) is 17.0. The monoisotopic (exact) mass is 397 g/mol. The van der Waals surface area contributed by atoms with Crippen LogP contribution in [0.25, 0.3) is 0 Å². The molecule has 1 heterocycles. The van der Waals surface area contributed by atoms with Crippen LogP contribution < -0.4 is 15.4 Å². The van der Waals surface area contributed by atoms with Crippen LogP contribution >= 0.6 is 0 Å². The van der Waals surface area contributed by atoms with E-state index in [4.69, 9.17) is 4.74 Å². The molecule has 1 aliphatic heterocycles. The summed E-state index contributed by atoms with van der Waals surface area (Å²) in [4.78, 5) is 12.4. The highest BCUT2D eigenvalue weighted by Gasteiger charge is 2.22. The van der Waals surface area contributed by atoms with Gasteiger partial charge in [-0.1, -0.05) is 19.1 Å². The maximum Gasteiger partial charge on any atom is 0.240 e. The van der Waals surface area contributed by atoms with Crippen LogP contribution in [-0.2, 0) is 26.1 Å². The second-order valence-corrected chi connectivity index (χ2v) is 8.85. The molecule has 0 radical (unpaired) electrons. The number of benzene rings is 1. The minimum Gasteiger partial charge on any atom is -0.383 e.